The van der Waals surface area contributed by atoms with Crippen molar-refractivity contribution in [2.75, 3.05) is 33.0 Å². The molecule has 2 rings (SSSR count). The van der Waals surface area contributed by atoms with Crippen LogP contribution in [-0.2, 0) is 33.2 Å². The Hall–Kier alpha value is -1.27. The van der Waals surface area contributed by atoms with E-state index < -0.39 is 80.7 Å². The van der Waals surface area contributed by atoms with E-state index in [0.717, 1.165) is 64.2 Å². The maximum Gasteiger partial charge on any atom is 0.306 e. The lowest BCUT2D eigenvalue weighted by molar-refractivity contribution is -0.332. The molecule has 7 N–H and O–H groups in total. The van der Waals surface area contributed by atoms with Crippen LogP contribution in [0, 0.1) is 0 Å². The lowest BCUT2D eigenvalue weighted by Crippen LogP contribution is -2.61. The number of hydrogen-bond donors (Lipinski definition) is 7. The first-order valence-corrected chi connectivity index (χ1v) is 22.3. The van der Waals surface area contributed by atoms with Crippen LogP contribution < -0.4 is 0 Å². The van der Waals surface area contributed by atoms with E-state index in [9.17, 15) is 40.5 Å². The summed E-state index contributed by atoms with van der Waals surface area (Å²) in [5, 5.41) is 71.8. The van der Waals surface area contributed by atoms with Gasteiger partial charge < -0.3 is 64.2 Å². The fourth-order valence-corrected chi connectivity index (χ4v) is 7.05. The van der Waals surface area contributed by atoms with Crippen molar-refractivity contribution in [1.29, 1.82) is 0 Å². The first-order valence-electron chi connectivity index (χ1n) is 22.3. The molecule has 0 aromatic rings. The Morgan fingerprint density at radius 2 is 1.07 bits per heavy atom. The predicted molar refractivity (Wildman–Crippen MR) is 215 cm³/mol. The highest BCUT2D eigenvalue weighted by Gasteiger charge is 2.47. The van der Waals surface area contributed by atoms with Crippen LogP contribution in [0.1, 0.15) is 155 Å². The number of hydrogen-bond acceptors (Lipinski definition) is 14. The minimum atomic E-state index is -1.70. The molecule has 0 bridgehead atoms. The molecule has 336 valence electrons. The van der Waals surface area contributed by atoms with Gasteiger partial charge in [-0.05, 0) is 32.1 Å². The van der Waals surface area contributed by atoms with Gasteiger partial charge in [0.25, 0.3) is 0 Å². The van der Waals surface area contributed by atoms with E-state index >= 15 is 0 Å². The van der Waals surface area contributed by atoms with E-state index in [1.54, 1.807) is 0 Å². The number of esters is 1. The third kappa shape index (κ3) is 21.7. The highest BCUT2D eigenvalue weighted by molar-refractivity contribution is 5.69. The molecule has 0 aromatic heterocycles. The van der Waals surface area contributed by atoms with Crippen LogP contribution in [0.3, 0.4) is 0 Å². The van der Waals surface area contributed by atoms with Crippen LogP contribution in [0.5, 0.6) is 0 Å². The third-order valence-corrected chi connectivity index (χ3v) is 10.8. The van der Waals surface area contributed by atoms with Crippen molar-refractivity contribution in [1.82, 2.24) is 0 Å². The van der Waals surface area contributed by atoms with Crippen molar-refractivity contribution in [2.24, 2.45) is 0 Å². The van der Waals surface area contributed by atoms with Gasteiger partial charge in [0.1, 0.15) is 54.9 Å². The molecule has 2 fully saturated rings. The summed E-state index contributed by atoms with van der Waals surface area (Å²) in [5.41, 5.74) is 0. The highest BCUT2D eigenvalue weighted by Crippen LogP contribution is 2.26. The molecule has 2 heterocycles. The average Bonchev–Trinajstić information content (AvgIpc) is 3.20. The minimum Gasteiger partial charge on any atom is -0.457 e. The van der Waals surface area contributed by atoms with E-state index in [4.69, 9.17) is 28.4 Å². The fraction of sp³-hybridized carbons (Fsp3) is 0.930. The van der Waals surface area contributed by atoms with Gasteiger partial charge in [0.2, 0.25) is 0 Å². The van der Waals surface area contributed by atoms with Gasteiger partial charge in [0.05, 0.1) is 26.4 Å². The van der Waals surface area contributed by atoms with E-state index in [1.807, 2.05) is 0 Å². The molecule has 2 aliphatic rings. The summed E-state index contributed by atoms with van der Waals surface area (Å²) < 4.78 is 34.1. The zero-order valence-corrected chi connectivity index (χ0v) is 35.1. The number of ether oxygens (including phenoxy) is 6. The number of unbranched alkanes of at least 4 members (excludes halogenated alkanes) is 18. The van der Waals surface area contributed by atoms with Gasteiger partial charge >= 0.3 is 5.97 Å². The first kappa shape index (κ1) is 51.9. The lowest BCUT2D eigenvalue weighted by atomic mass is 9.98. The number of aliphatic hydroxyl groups excluding tert-OH is 7. The topological polar surface area (TPSA) is 214 Å². The Morgan fingerprint density at radius 1 is 0.561 bits per heavy atom. The summed E-state index contributed by atoms with van der Waals surface area (Å²) in [4.78, 5) is 12.9. The molecular weight excluding hydrogens is 740 g/mol. The molecule has 11 atom stereocenters. The second-order valence-corrected chi connectivity index (χ2v) is 15.9. The van der Waals surface area contributed by atoms with Crippen molar-refractivity contribution in [3.05, 3.63) is 12.2 Å². The third-order valence-electron chi connectivity index (χ3n) is 10.8. The van der Waals surface area contributed by atoms with Gasteiger partial charge in [-0.15, -0.1) is 0 Å². The molecule has 0 spiro atoms. The van der Waals surface area contributed by atoms with E-state index in [1.165, 1.54) is 64.2 Å². The fourth-order valence-electron chi connectivity index (χ4n) is 7.05. The maximum absolute atomic E-state index is 12.9. The van der Waals surface area contributed by atoms with Crippen molar-refractivity contribution in [2.45, 2.75) is 223 Å². The number of aliphatic hydroxyl groups is 7. The van der Waals surface area contributed by atoms with E-state index in [0.29, 0.717) is 13.0 Å². The van der Waals surface area contributed by atoms with Gasteiger partial charge in [-0.2, -0.15) is 0 Å². The Bertz CT molecular complexity index is 1000. The molecule has 0 saturated carbocycles. The van der Waals surface area contributed by atoms with Crippen molar-refractivity contribution < 1.29 is 69.0 Å². The summed E-state index contributed by atoms with van der Waals surface area (Å²) in [6, 6.07) is 0. The number of allylic oxidation sites excluding steroid dienone is 2. The normalized spacial score (nSPS) is 28.6. The molecule has 11 unspecified atom stereocenters. The van der Waals surface area contributed by atoms with Gasteiger partial charge in [0.15, 0.2) is 12.6 Å². The quantitative estimate of drug-likeness (QED) is 0.0266. The number of carbonyl (C=O) groups is 1. The number of carbonyl (C=O) groups excluding carboxylic acids is 1. The maximum atomic E-state index is 12.9. The second-order valence-electron chi connectivity index (χ2n) is 15.9. The first-order chi connectivity index (χ1) is 27.6. The molecule has 14 heteroatoms. The Labute approximate surface area is 342 Å². The zero-order valence-electron chi connectivity index (χ0n) is 35.1. The summed E-state index contributed by atoms with van der Waals surface area (Å²) >= 11 is 0. The summed E-state index contributed by atoms with van der Waals surface area (Å²) in [6.07, 6.45) is 12.9. The van der Waals surface area contributed by atoms with Gasteiger partial charge in [-0.3, -0.25) is 4.79 Å². The van der Waals surface area contributed by atoms with Crippen molar-refractivity contribution in [3.63, 3.8) is 0 Å². The second kappa shape index (κ2) is 32.5. The van der Waals surface area contributed by atoms with Crippen molar-refractivity contribution in [3.8, 4) is 0 Å². The lowest BCUT2D eigenvalue weighted by Gasteiger charge is -2.42. The van der Waals surface area contributed by atoms with E-state index in [-0.39, 0.29) is 25.6 Å². The van der Waals surface area contributed by atoms with E-state index in [2.05, 4.69) is 26.0 Å². The largest absolute Gasteiger partial charge is 0.457 e. The van der Waals surface area contributed by atoms with Gasteiger partial charge in [0, 0.05) is 13.0 Å². The smallest absolute Gasteiger partial charge is 0.306 e. The van der Waals surface area contributed by atoms with Crippen LogP contribution in [0.4, 0.5) is 0 Å². The van der Waals surface area contributed by atoms with Crippen LogP contribution in [-0.4, -0.2) is 142 Å². The van der Waals surface area contributed by atoms with Crippen LogP contribution >= 0.6 is 0 Å². The van der Waals surface area contributed by atoms with Gasteiger partial charge in [-0.1, -0.05) is 129 Å². The molecule has 2 saturated heterocycles. The minimum absolute atomic E-state index is 0.0627. The molecular formula is C43H80O14. The molecule has 14 nitrogen and oxygen atoms in total. The molecule has 0 amide bonds. The van der Waals surface area contributed by atoms with Crippen LogP contribution in [0.25, 0.3) is 0 Å². The molecule has 57 heavy (non-hydrogen) atoms. The predicted octanol–water partition coefficient (Wildman–Crippen LogP) is 4.73. The molecule has 0 radical (unpaired) electrons. The summed E-state index contributed by atoms with van der Waals surface area (Å²) in [6.45, 7) is 3.61. The SMILES string of the molecule is CCC/C=C\CCCCCCCC(=O)OC(COCCCCCCCCCCCCCCC)COC1OC(COC2OC(CO)C(O)C(O)C2O)C(O)C(O)C1O. The Kier molecular flexibility index (Phi) is 29.6. The standard InChI is InChI=1S/C43H80O14/c1-3-5-7-9-11-13-15-16-17-19-21-23-25-27-52-29-32(55-35(45)26-24-22-20-18-14-12-10-8-6-4-2)30-53-42-41(51)39(49)37(47)34(57-42)31-54-43-40(50)38(48)36(46)33(28-44)56-43/h8,10,32-34,36-44,46-51H,3-7,9,11-31H2,1-2H3/b10-8-. The summed E-state index contributed by atoms with van der Waals surface area (Å²) in [7, 11) is 0. The Morgan fingerprint density at radius 3 is 1.67 bits per heavy atom. The average molecular weight is 821 g/mol. The van der Waals surface area contributed by atoms with Crippen LogP contribution in [0.2, 0.25) is 0 Å². The molecule has 0 aliphatic carbocycles. The monoisotopic (exact) mass is 821 g/mol. The highest BCUT2D eigenvalue weighted by atomic mass is 16.7. The molecule has 2 aliphatic heterocycles. The summed E-state index contributed by atoms with van der Waals surface area (Å²) in [5.74, 6) is -0.387. The zero-order chi connectivity index (χ0) is 41.7. The van der Waals surface area contributed by atoms with Crippen LogP contribution in [0.15, 0.2) is 12.2 Å². The van der Waals surface area contributed by atoms with Gasteiger partial charge in [-0.25, -0.2) is 0 Å². The number of rotatable bonds is 34. The van der Waals surface area contributed by atoms with Crippen molar-refractivity contribution >= 4 is 5.97 Å². The Balaban J connectivity index is 1.82. The molecule has 0 aromatic carbocycles.